The van der Waals surface area contributed by atoms with Gasteiger partial charge in [0, 0.05) is 16.9 Å². The number of aromatic nitrogens is 1. The summed E-state index contributed by atoms with van der Waals surface area (Å²) in [5.41, 5.74) is 1.23. The van der Waals surface area contributed by atoms with Crippen molar-refractivity contribution < 1.29 is 14.3 Å². The lowest BCUT2D eigenvalue weighted by molar-refractivity contribution is 0.0590. The van der Waals surface area contributed by atoms with Crippen molar-refractivity contribution in [3.05, 3.63) is 25.7 Å². The molecule has 7 heteroatoms. The van der Waals surface area contributed by atoms with Crippen LogP contribution in [-0.4, -0.2) is 24.8 Å². The number of carbonyl (C=O) groups is 1. The molecule has 1 aromatic heterocycles. The van der Waals surface area contributed by atoms with Crippen LogP contribution in [0, 0.1) is 0 Å². The van der Waals surface area contributed by atoms with Gasteiger partial charge in [-0.3, -0.25) is 0 Å². The molecule has 0 saturated heterocycles. The van der Waals surface area contributed by atoms with Crippen LogP contribution in [0.25, 0.3) is 10.9 Å². The molecule has 1 heterocycles. The number of esters is 1. The maximum Gasteiger partial charge on any atom is 0.354 e. The van der Waals surface area contributed by atoms with Crippen LogP contribution in [0.4, 0.5) is 0 Å². The molecular weight excluding hydrogens is 401 g/mol. The average molecular weight is 411 g/mol. The molecule has 0 fully saturated rings. The highest BCUT2D eigenvalue weighted by molar-refractivity contribution is 9.11. The van der Waals surface area contributed by atoms with Crippen LogP contribution in [0.1, 0.15) is 10.5 Å². The predicted octanol–water partition coefficient (Wildman–Crippen LogP) is 4.15. The van der Waals surface area contributed by atoms with Crippen molar-refractivity contribution in [2.45, 2.75) is 0 Å². The zero-order valence-electron chi connectivity index (χ0n) is 10.4. The molecule has 19 heavy (non-hydrogen) atoms. The standard InChI is InChI=1S/C12H10Br2ClNO3/c1-16-6(12(17)19-3)4-5-7(13)9(15)11(18-2)8(14)10(5)16/h4H,1-3H3. The smallest absolute Gasteiger partial charge is 0.354 e. The van der Waals surface area contributed by atoms with Gasteiger partial charge in [0.2, 0.25) is 0 Å². The van der Waals surface area contributed by atoms with Gasteiger partial charge in [-0.2, -0.15) is 0 Å². The third-order valence-electron chi connectivity index (χ3n) is 2.87. The van der Waals surface area contributed by atoms with Gasteiger partial charge in [-0.25, -0.2) is 4.79 Å². The molecule has 4 nitrogen and oxygen atoms in total. The number of methoxy groups -OCH3 is 2. The first-order valence-electron chi connectivity index (χ1n) is 5.22. The molecule has 0 aliphatic carbocycles. The minimum absolute atomic E-state index is 0.410. The fraction of sp³-hybridized carbons (Fsp3) is 0.250. The van der Waals surface area contributed by atoms with E-state index >= 15 is 0 Å². The summed E-state index contributed by atoms with van der Waals surface area (Å²) in [5, 5.41) is 1.25. The molecular formula is C12H10Br2ClNO3. The van der Waals surface area contributed by atoms with E-state index in [0.717, 1.165) is 10.9 Å². The first kappa shape index (κ1) is 14.7. The van der Waals surface area contributed by atoms with Crippen molar-refractivity contribution in [1.29, 1.82) is 0 Å². The van der Waals surface area contributed by atoms with E-state index in [1.54, 1.807) is 17.7 Å². The van der Waals surface area contributed by atoms with Crippen LogP contribution in [0.15, 0.2) is 15.0 Å². The maximum absolute atomic E-state index is 11.7. The number of carbonyl (C=O) groups excluding carboxylic acids is 1. The summed E-state index contributed by atoms with van der Waals surface area (Å²) in [6.45, 7) is 0. The molecule has 0 aliphatic heterocycles. The van der Waals surface area contributed by atoms with Crippen LogP contribution >= 0.6 is 43.5 Å². The number of aryl methyl sites for hydroxylation is 1. The summed E-state index contributed by atoms with van der Waals surface area (Å²) in [5.74, 6) is 0.103. The second kappa shape index (κ2) is 5.34. The Labute approximate surface area is 131 Å². The summed E-state index contributed by atoms with van der Waals surface area (Å²) in [6, 6.07) is 1.72. The number of hydrogen-bond acceptors (Lipinski definition) is 3. The van der Waals surface area contributed by atoms with Crippen molar-refractivity contribution in [1.82, 2.24) is 4.57 Å². The fourth-order valence-electron chi connectivity index (χ4n) is 1.94. The van der Waals surface area contributed by atoms with Gasteiger partial charge in [-0.1, -0.05) is 11.6 Å². The average Bonchev–Trinajstić information content (AvgIpc) is 2.74. The summed E-state index contributed by atoms with van der Waals surface area (Å²) in [7, 11) is 4.66. The number of benzene rings is 1. The number of nitrogens with zero attached hydrogens (tertiary/aromatic N) is 1. The van der Waals surface area contributed by atoms with Crippen molar-refractivity contribution in [3.8, 4) is 5.75 Å². The third-order valence-corrected chi connectivity index (χ3v) is 5.02. The van der Waals surface area contributed by atoms with Crippen molar-refractivity contribution in [2.75, 3.05) is 14.2 Å². The first-order chi connectivity index (χ1) is 8.93. The first-order valence-corrected chi connectivity index (χ1v) is 7.18. The number of ether oxygens (including phenoxy) is 2. The van der Waals surface area contributed by atoms with Crippen LogP contribution < -0.4 is 4.74 Å². The van der Waals surface area contributed by atoms with Crippen LogP contribution in [0.5, 0.6) is 5.75 Å². The summed E-state index contributed by atoms with van der Waals surface area (Å²) < 4.78 is 13.1. The zero-order valence-corrected chi connectivity index (χ0v) is 14.3. The lowest BCUT2D eigenvalue weighted by atomic mass is 10.2. The molecule has 0 aliphatic rings. The summed E-state index contributed by atoms with van der Waals surface area (Å²) in [4.78, 5) is 11.7. The minimum Gasteiger partial charge on any atom is -0.494 e. The largest absolute Gasteiger partial charge is 0.494 e. The van der Waals surface area contributed by atoms with E-state index in [0.29, 0.717) is 25.4 Å². The quantitative estimate of drug-likeness (QED) is 0.551. The minimum atomic E-state index is -0.410. The van der Waals surface area contributed by atoms with Gasteiger partial charge >= 0.3 is 5.97 Å². The van der Waals surface area contributed by atoms with E-state index in [4.69, 9.17) is 21.1 Å². The van der Waals surface area contributed by atoms with Gasteiger partial charge in [0.25, 0.3) is 0 Å². The van der Waals surface area contributed by atoms with Gasteiger partial charge in [0.05, 0.1) is 29.2 Å². The second-order valence-electron chi connectivity index (χ2n) is 3.82. The number of rotatable bonds is 2. The molecule has 2 aromatic rings. The Morgan fingerprint density at radius 3 is 2.47 bits per heavy atom. The van der Waals surface area contributed by atoms with E-state index in [1.165, 1.54) is 14.2 Å². The molecule has 0 amide bonds. The predicted molar refractivity (Wildman–Crippen MR) is 81.2 cm³/mol. The van der Waals surface area contributed by atoms with Gasteiger partial charge < -0.3 is 14.0 Å². The highest BCUT2D eigenvalue weighted by atomic mass is 79.9. The molecule has 2 rings (SSSR count). The number of hydrogen-bond donors (Lipinski definition) is 0. The molecule has 0 N–H and O–H groups in total. The molecule has 102 valence electrons. The molecule has 0 unspecified atom stereocenters. The Kier molecular flexibility index (Phi) is 4.13. The van der Waals surface area contributed by atoms with Gasteiger partial charge in [0.1, 0.15) is 5.69 Å². The summed E-state index contributed by atoms with van der Waals surface area (Å²) in [6.07, 6.45) is 0. The molecule has 0 saturated carbocycles. The fourth-order valence-corrected chi connectivity index (χ4v) is 3.65. The Hall–Kier alpha value is -0.720. The van der Waals surface area contributed by atoms with E-state index in [-0.39, 0.29) is 0 Å². The van der Waals surface area contributed by atoms with Crippen molar-refractivity contribution >= 4 is 60.3 Å². The molecule has 0 radical (unpaired) electrons. The maximum atomic E-state index is 11.7. The topological polar surface area (TPSA) is 40.5 Å². The Morgan fingerprint density at radius 1 is 1.32 bits per heavy atom. The molecule has 0 spiro atoms. The van der Waals surface area contributed by atoms with Gasteiger partial charge in [-0.05, 0) is 37.9 Å². The van der Waals surface area contributed by atoms with Crippen molar-refractivity contribution in [2.24, 2.45) is 7.05 Å². The Balaban J connectivity index is 2.92. The lowest BCUT2D eigenvalue weighted by Gasteiger charge is -2.11. The summed E-state index contributed by atoms with van der Waals surface area (Å²) >= 11 is 13.1. The number of halogens is 3. The Morgan fingerprint density at radius 2 is 1.95 bits per heavy atom. The number of fused-ring (bicyclic) bond motifs is 1. The Bertz CT molecular complexity index is 682. The van der Waals surface area contributed by atoms with Crippen LogP contribution in [0.2, 0.25) is 5.02 Å². The van der Waals surface area contributed by atoms with E-state index in [9.17, 15) is 4.79 Å². The molecule has 0 bridgehead atoms. The van der Waals surface area contributed by atoms with Gasteiger partial charge in [0.15, 0.2) is 5.75 Å². The molecule has 0 atom stereocenters. The highest BCUT2D eigenvalue weighted by Crippen LogP contribution is 2.45. The van der Waals surface area contributed by atoms with E-state index in [1.807, 2.05) is 0 Å². The van der Waals surface area contributed by atoms with Gasteiger partial charge in [-0.15, -0.1) is 0 Å². The van der Waals surface area contributed by atoms with Crippen molar-refractivity contribution in [3.63, 3.8) is 0 Å². The zero-order chi connectivity index (χ0) is 14.3. The van der Waals surface area contributed by atoms with E-state index < -0.39 is 5.97 Å². The monoisotopic (exact) mass is 409 g/mol. The third kappa shape index (κ3) is 2.15. The van der Waals surface area contributed by atoms with Crippen LogP contribution in [-0.2, 0) is 11.8 Å². The lowest BCUT2D eigenvalue weighted by Crippen LogP contribution is -2.07. The van der Waals surface area contributed by atoms with Crippen LogP contribution in [0.3, 0.4) is 0 Å². The molecule has 1 aromatic carbocycles. The normalized spacial score (nSPS) is 10.8. The highest BCUT2D eigenvalue weighted by Gasteiger charge is 2.22. The SMILES string of the molecule is COC(=O)c1cc2c(Br)c(Cl)c(OC)c(Br)c2n1C. The second-order valence-corrected chi connectivity index (χ2v) is 5.78. The van der Waals surface area contributed by atoms with E-state index in [2.05, 4.69) is 31.9 Å².